The molecule has 0 bridgehead atoms. The predicted molar refractivity (Wildman–Crippen MR) is 193 cm³/mol. The number of nitrogens with one attached hydrogen (secondary N) is 1. The summed E-state index contributed by atoms with van der Waals surface area (Å²) in [4.78, 5) is 43.1. The van der Waals surface area contributed by atoms with Crippen LogP contribution in [0.25, 0.3) is 0 Å². The minimum atomic E-state index is -3.76. The Labute approximate surface area is 320 Å². The van der Waals surface area contributed by atoms with Crippen LogP contribution < -0.4 is 18.9 Å². The van der Waals surface area contributed by atoms with Gasteiger partial charge in [0, 0.05) is 17.7 Å². The molecule has 18 heteroatoms. The van der Waals surface area contributed by atoms with Crippen LogP contribution in [0.3, 0.4) is 0 Å². The zero-order valence-electron chi connectivity index (χ0n) is 29.0. The van der Waals surface area contributed by atoms with Gasteiger partial charge >= 0.3 is 12.6 Å². The molecule has 6 rings (SSSR count). The average Bonchev–Trinajstić information content (AvgIpc) is 3.92. The predicted octanol–water partition coefficient (Wildman–Crippen LogP) is 5.76. The molecular weight excluding hydrogens is 773 g/mol. The molecule has 0 unspecified atom stereocenters. The van der Waals surface area contributed by atoms with E-state index >= 15 is 0 Å². The molecule has 3 heterocycles. The minimum absolute atomic E-state index is 0.0294. The number of piperidine rings is 1. The van der Waals surface area contributed by atoms with E-state index in [1.54, 1.807) is 0 Å². The highest BCUT2D eigenvalue weighted by Crippen LogP contribution is 2.38. The van der Waals surface area contributed by atoms with Crippen molar-refractivity contribution in [3.63, 3.8) is 0 Å². The number of halogens is 4. The number of ether oxygens (including phenoxy) is 3. The van der Waals surface area contributed by atoms with Crippen molar-refractivity contribution in [2.45, 2.75) is 57.7 Å². The fraction of sp³-hybridized carbons (Fsp3) is 0.444. The molecule has 2 aliphatic heterocycles. The molecule has 13 nitrogen and oxygen atoms in total. The number of nitrogens with zero attached hydrogens (tertiary/aromatic N) is 3. The lowest BCUT2D eigenvalue weighted by molar-refractivity contribution is -0.605. The van der Waals surface area contributed by atoms with Gasteiger partial charge in [-0.15, -0.1) is 0 Å². The van der Waals surface area contributed by atoms with Gasteiger partial charge in [-0.1, -0.05) is 35.7 Å². The Hall–Kier alpha value is -4.25. The van der Waals surface area contributed by atoms with Gasteiger partial charge in [-0.3, -0.25) is 24.0 Å². The van der Waals surface area contributed by atoms with Crippen molar-refractivity contribution in [2.75, 3.05) is 43.3 Å². The van der Waals surface area contributed by atoms with Crippen LogP contribution in [0.5, 0.6) is 11.5 Å². The van der Waals surface area contributed by atoms with Crippen LogP contribution in [0.1, 0.15) is 76.5 Å². The SMILES string of the molecule is O=C(CN1C(=O)c2ccc(NS(=O)(=O)CCCN3CCCCC3)cc2C1=O)O[C@@H](Cc1c(Cl)c[n+]([O-])cc1Cl)c1ccc(OC(F)F)c(OCC2CC2)c1. The highest BCUT2D eigenvalue weighted by Gasteiger charge is 2.38. The number of pyridine rings is 1. The second-order valence-corrected chi connectivity index (χ2v) is 16.1. The lowest BCUT2D eigenvalue weighted by atomic mass is 10.0. The summed E-state index contributed by atoms with van der Waals surface area (Å²) >= 11 is 12.7. The third kappa shape index (κ3) is 10.1. The van der Waals surface area contributed by atoms with Crippen molar-refractivity contribution in [1.29, 1.82) is 0 Å². The van der Waals surface area contributed by atoms with Gasteiger partial charge < -0.3 is 24.3 Å². The molecule has 1 saturated carbocycles. The van der Waals surface area contributed by atoms with Crippen molar-refractivity contribution in [3.05, 3.63) is 86.3 Å². The second kappa shape index (κ2) is 17.0. The van der Waals surface area contributed by atoms with E-state index in [9.17, 15) is 36.8 Å². The Morgan fingerprint density at radius 2 is 1.69 bits per heavy atom. The first-order valence-electron chi connectivity index (χ1n) is 17.5. The van der Waals surface area contributed by atoms with E-state index in [0.717, 1.165) is 51.2 Å². The maximum Gasteiger partial charge on any atom is 0.387 e. The van der Waals surface area contributed by atoms with Crippen LogP contribution in [0.2, 0.25) is 10.0 Å². The number of hydrogen-bond acceptors (Lipinski definition) is 10. The first-order valence-corrected chi connectivity index (χ1v) is 19.9. The van der Waals surface area contributed by atoms with E-state index in [1.165, 1.54) is 42.8 Å². The molecule has 1 aromatic heterocycles. The third-order valence-electron chi connectivity index (χ3n) is 9.32. The second-order valence-electron chi connectivity index (χ2n) is 13.4. The third-order valence-corrected chi connectivity index (χ3v) is 11.3. The van der Waals surface area contributed by atoms with E-state index in [1.807, 2.05) is 0 Å². The molecule has 3 aliphatic rings. The maximum atomic E-state index is 13.5. The fourth-order valence-corrected chi connectivity index (χ4v) is 8.07. The van der Waals surface area contributed by atoms with E-state index in [4.69, 9.17) is 32.7 Å². The van der Waals surface area contributed by atoms with Crippen LogP contribution >= 0.6 is 23.2 Å². The number of sulfonamides is 1. The first kappa shape index (κ1) is 39.4. The van der Waals surface area contributed by atoms with Crippen molar-refractivity contribution < 1.29 is 50.5 Å². The molecule has 2 aromatic carbocycles. The smallest absolute Gasteiger partial charge is 0.387 e. The molecule has 1 aliphatic carbocycles. The Bertz CT molecular complexity index is 1990. The summed E-state index contributed by atoms with van der Waals surface area (Å²) in [5.41, 5.74) is 0.431. The topological polar surface area (TPSA) is 158 Å². The molecule has 1 atom stereocenters. The van der Waals surface area contributed by atoms with Gasteiger partial charge in [-0.2, -0.15) is 13.5 Å². The van der Waals surface area contributed by atoms with Gasteiger partial charge in [-0.25, -0.2) is 8.42 Å². The molecular formula is C36H38Cl2F2N4O9S. The monoisotopic (exact) mass is 810 g/mol. The van der Waals surface area contributed by atoms with Gasteiger partial charge in [0.05, 0.1) is 23.5 Å². The Morgan fingerprint density at radius 3 is 2.37 bits per heavy atom. The van der Waals surface area contributed by atoms with Crippen LogP contribution in [-0.4, -0.2) is 81.2 Å². The summed E-state index contributed by atoms with van der Waals surface area (Å²) in [5.74, 6) is -2.80. The molecule has 1 saturated heterocycles. The van der Waals surface area contributed by atoms with Crippen molar-refractivity contribution >= 4 is 56.7 Å². The number of esters is 1. The average molecular weight is 812 g/mol. The number of fused-ring (bicyclic) bond motifs is 1. The van der Waals surface area contributed by atoms with E-state index < -0.39 is 47.1 Å². The van der Waals surface area contributed by atoms with Gasteiger partial charge in [0.1, 0.15) is 22.7 Å². The standard InChI is InChI=1S/C36H38Cl2F2N4O9S/c37-28-18-43(48)19-29(38)27(28)17-31(23-7-10-30(53-36(39)40)32(15-23)51-21-22-5-6-22)52-33(45)20-44-34(46)25-9-8-24(16-26(25)35(44)47)41-54(49,50)14-4-13-42-11-2-1-3-12-42/h7-10,15-16,18-19,22,31,36,41H,1-6,11-14,17,20-21H2/t31-/m0/s1. The van der Waals surface area contributed by atoms with Gasteiger partial charge in [0.2, 0.25) is 10.0 Å². The molecule has 290 valence electrons. The first-order chi connectivity index (χ1) is 25.8. The van der Waals surface area contributed by atoms with E-state index in [0.29, 0.717) is 22.6 Å². The number of alkyl halides is 2. The Kier molecular flexibility index (Phi) is 12.5. The Balaban J connectivity index is 1.17. The van der Waals surface area contributed by atoms with Crippen molar-refractivity contribution in [1.82, 2.24) is 9.80 Å². The van der Waals surface area contributed by atoms with Crippen LogP contribution in [0.4, 0.5) is 14.5 Å². The lowest BCUT2D eigenvalue weighted by Crippen LogP contribution is -2.36. The summed E-state index contributed by atoms with van der Waals surface area (Å²) in [7, 11) is -3.76. The van der Waals surface area contributed by atoms with Crippen LogP contribution in [-0.2, 0) is 26.0 Å². The summed E-state index contributed by atoms with van der Waals surface area (Å²) in [5, 5.41) is 11.8. The zero-order valence-corrected chi connectivity index (χ0v) is 31.3. The van der Waals surface area contributed by atoms with Crippen molar-refractivity contribution in [2.24, 2.45) is 5.92 Å². The van der Waals surface area contributed by atoms with Crippen molar-refractivity contribution in [3.8, 4) is 11.5 Å². The normalized spacial score (nSPS) is 16.7. The van der Waals surface area contributed by atoms with Gasteiger partial charge in [-0.05, 0) is 93.6 Å². The van der Waals surface area contributed by atoms with Gasteiger partial charge in [0.15, 0.2) is 23.9 Å². The van der Waals surface area contributed by atoms with Crippen LogP contribution in [0.15, 0.2) is 48.8 Å². The summed E-state index contributed by atoms with van der Waals surface area (Å²) in [6, 6.07) is 7.90. The number of imide groups is 1. The number of aromatic nitrogens is 1. The molecule has 1 N–H and O–H groups in total. The molecule has 2 amide bonds. The number of amides is 2. The molecule has 3 aromatic rings. The number of likely N-dealkylation sites (tertiary alicyclic amines) is 1. The fourth-order valence-electron chi connectivity index (χ4n) is 6.38. The lowest BCUT2D eigenvalue weighted by Gasteiger charge is -2.26. The molecule has 0 radical (unpaired) electrons. The summed E-state index contributed by atoms with van der Waals surface area (Å²) < 4.78 is 71.2. The number of carbonyl (C=O) groups is 3. The minimum Gasteiger partial charge on any atom is -0.619 e. The summed E-state index contributed by atoms with van der Waals surface area (Å²) in [6.45, 7) is -1.18. The quantitative estimate of drug-likeness (QED) is 0.0770. The highest BCUT2D eigenvalue weighted by molar-refractivity contribution is 7.92. The number of anilines is 1. The highest BCUT2D eigenvalue weighted by atomic mass is 35.5. The largest absolute Gasteiger partial charge is 0.619 e. The summed E-state index contributed by atoms with van der Waals surface area (Å²) in [6.07, 6.45) is 6.29. The number of hydrogen-bond donors (Lipinski definition) is 1. The molecule has 54 heavy (non-hydrogen) atoms. The maximum absolute atomic E-state index is 13.5. The van der Waals surface area contributed by atoms with E-state index in [2.05, 4.69) is 14.4 Å². The zero-order chi connectivity index (χ0) is 38.6. The number of benzene rings is 2. The Morgan fingerprint density at radius 1 is 0.981 bits per heavy atom. The molecule has 2 fully saturated rings. The number of carbonyl (C=O) groups excluding carboxylic acids is 3. The number of rotatable bonds is 17. The molecule has 0 spiro atoms. The van der Waals surface area contributed by atoms with E-state index in [-0.39, 0.29) is 74.2 Å². The van der Waals surface area contributed by atoms with Gasteiger partial charge in [0.25, 0.3) is 11.8 Å². The van der Waals surface area contributed by atoms with Crippen LogP contribution in [0, 0.1) is 11.1 Å².